The number of hydrogen-bond acceptors (Lipinski definition) is 8. The van der Waals surface area contributed by atoms with Crippen molar-refractivity contribution in [1.29, 1.82) is 5.41 Å². The SMILES string of the molecule is CN(C)CCCNC(=O)CCCCCCCCCCNC(=N)NC(=O)c1nc(Cl)c(N)nc1N. The topological polar surface area (TPSA) is 175 Å². The Morgan fingerprint density at radius 2 is 1.47 bits per heavy atom. The van der Waals surface area contributed by atoms with Gasteiger partial charge in [-0.25, -0.2) is 9.97 Å². The van der Waals surface area contributed by atoms with Crippen molar-refractivity contribution in [3.63, 3.8) is 0 Å². The number of carbonyl (C=O) groups is 2. The highest BCUT2D eigenvalue weighted by molar-refractivity contribution is 6.31. The molecule has 0 aliphatic heterocycles. The molecule has 0 aliphatic rings. The van der Waals surface area contributed by atoms with Crippen molar-refractivity contribution in [2.75, 3.05) is 45.2 Å². The maximum Gasteiger partial charge on any atom is 0.280 e. The Bertz CT molecular complexity index is 790. The standard InChI is InChI=1S/C22H40ClN9O2/c1-32(2)15-11-14-27-16(33)12-9-7-5-3-4-6-8-10-13-28-22(26)31-21(34)17-19(24)30-20(25)18(23)29-17/h3-15H2,1-2H3,(H,27,33)(H4,24,25,30)(H3,26,28,31,34). The average Bonchev–Trinajstić information content (AvgIpc) is 2.77. The first-order valence-electron chi connectivity index (χ1n) is 11.8. The quantitative estimate of drug-likeness (QED) is 0.114. The number of aromatic nitrogens is 2. The first kappa shape index (κ1) is 29.4. The summed E-state index contributed by atoms with van der Waals surface area (Å²) in [5, 5.41) is 15.9. The summed E-state index contributed by atoms with van der Waals surface area (Å²) in [5.74, 6) is -0.863. The molecule has 0 aliphatic carbocycles. The largest absolute Gasteiger partial charge is 0.382 e. The number of nitrogens with one attached hydrogen (secondary N) is 4. The van der Waals surface area contributed by atoms with Crippen LogP contribution in [0.5, 0.6) is 0 Å². The van der Waals surface area contributed by atoms with Gasteiger partial charge in [-0.3, -0.25) is 20.3 Å². The van der Waals surface area contributed by atoms with E-state index in [1.54, 1.807) is 0 Å². The smallest absolute Gasteiger partial charge is 0.280 e. The Balaban J connectivity index is 1.98. The number of guanidine groups is 1. The Labute approximate surface area is 207 Å². The number of nitrogens with zero attached hydrogens (tertiary/aromatic N) is 3. The van der Waals surface area contributed by atoms with Crippen LogP contribution in [-0.4, -0.2) is 66.4 Å². The third-order valence-corrected chi connectivity index (χ3v) is 5.37. The molecule has 192 valence electrons. The average molecular weight is 498 g/mol. The van der Waals surface area contributed by atoms with Crippen LogP contribution >= 0.6 is 11.6 Å². The fraction of sp³-hybridized carbons (Fsp3) is 0.682. The molecule has 34 heavy (non-hydrogen) atoms. The van der Waals surface area contributed by atoms with Gasteiger partial charge in [0.2, 0.25) is 5.91 Å². The fourth-order valence-corrected chi connectivity index (χ4v) is 3.35. The molecule has 1 heterocycles. The van der Waals surface area contributed by atoms with E-state index in [9.17, 15) is 9.59 Å². The lowest BCUT2D eigenvalue weighted by atomic mass is 10.1. The van der Waals surface area contributed by atoms with Crippen molar-refractivity contribution in [1.82, 2.24) is 30.8 Å². The third-order valence-electron chi connectivity index (χ3n) is 5.10. The molecule has 1 aromatic rings. The summed E-state index contributed by atoms with van der Waals surface area (Å²) < 4.78 is 0. The van der Waals surface area contributed by atoms with Gasteiger partial charge in [0, 0.05) is 19.5 Å². The summed E-state index contributed by atoms with van der Waals surface area (Å²) in [5.41, 5.74) is 10.9. The van der Waals surface area contributed by atoms with Gasteiger partial charge in [-0.1, -0.05) is 50.1 Å². The molecule has 1 aromatic heterocycles. The minimum atomic E-state index is -0.675. The zero-order chi connectivity index (χ0) is 25.3. The number of nitrogen functional groups attached to an aromatic ring is 2. The van der Waals surface area contributed by atoms with E-state index in [4.69, 9.17) is 28.5 Å². The van der Waals surface area contributed by atoms with E-state index >= 15 is 0 Å². The summed E-state index contributed by atoms with van der Waals surface area (Å²) in [6.45, 7) is 2.31. The van der Waals surface area contributed by atoms with Crippen molar-refractivity contribution in [2.24, 2.45) is 0 Å². The molecular weight excluding hydrogens is 458 g/mol. The molecule has 0 fully saturated rings. The minimum absolute atomic E-state index is 0.0574. The van der Waals surface area contributed by atoms with E-state index in [0.717, 1.165) is 70.9 Å². The number of unbranched alkanes of at least 4 members (excludes halogenated alkanes) is 7. The van der Waals surface area contributed by atoms with Crippen molar-refractivity contribution >= 4 is 41.0 Å². The number of carbonyl (C=O) groups excluding carboxylic acids is 2. The van der Waals surface area contributed by atoms with E-state index < -0.39 is 5.91 Å². The number of rotatable bonds is 16. The Hall–Kier alpha value is -2.66. The molecule has 0 saturated heterocycles. The lowest BCUT2D eigenvalue weighted by Gasteiger charge is -2.10. The molecular formula is C22H40ClN9O2. The molecule has 0 saturated carbocycles. The summed E-state index contributed by atoms with van der Waals surface area (Å²) >= 11 is 5.77. The normalized spacial score (nSPS) is 10.8. The molecule has 11 nitrogen and oxygen atoms in total. The molecule has 2 amide bonds. The summed E-state index contributed by atoms with van der Waals surface area (Å²) in [6, 6.07) is 0. The summed E-state index contributed by atoms with van der Waals surface area (Å²) in [6.07, 6.45) is 10.1. The number of anilines is 2. The summed E-state index contributed by atoms with van der Waals surface area (Å²) in [4.78, 5) is 33.6. The highest BCUT2D eigenvalue weighted by atomic mass is 35.5. The van der Waals surface area contributed by atoms with Gasteiger partial charge in [0.1, 0.15) is 0 Å². The molecule has 12 heteroatoms. The van der Waals surface area contributed by atoms with Gasteiger partial charge in [0.25, 0.3) is 5.91 Å². The zero-order valence-electron chi connectivity index (χ0n) is 20.4. The van der Waals surface area contributed by atoms with Crippen LogP contribution in [0.15, 0.2) is 0 Å². The van der Waals surface area contributed by atoms with E-state index in [1.807, 2.05) is 14.1 Å². The molecule has 0 bridgehead atoms. The van der Waals surface area contributed by atoms with Crippen molar-refractivity contribution in [3.8, 4) is 0 Å². The van der Waals surface area contributed by atoms with Crippen LogP contribution in [0.2, 0.25) is 5.15 Å². The maximum atomic E-state index is 12.1. The van der Waals surface area contributed by atoms with Crippen LogP contribution in [0, 0.1) is 5.41 Å². The second-order valence-corrected chi connectivity index (χ2v) is 8.83. The summed E-state index contributed by atoms with van der Waals surface area (Å²) in [7, 11) is 4.06. The van der Waals surface area contributed by atoms with Crippen LogP contribution < -0.4 is 27.4 Å². The second kappa shape index (κ2) is 16.9. The van der Waals surface area contributed by atoms with Gasteiger partial charge in [0.05, 0.1) is 0 Å². The predicted octanol–water partition coefficient (Wildman–Crippen LogP) is 2.13. The van der Waals surface area contributed by atoms with Crippen LogP contribution in [0.25, 0.3) is 0 Å². The van der Waals surface area contributed by atoms with Crippen molar-refractivity contribution in [3.05, 3.63) is 10.8 Å². The van der Waals surface area contributed by atoms with Crippen molar-refractivity contribution in [2.45, 2.75) is 64.2 Å². The van der Waals surface area contributed by atoms with Gasteiger partial charge in [-0.15, -0.1) is 0 Å². The van der Waals surface area contributed by atoms with Gasteiger partial charge < -0.3 is 27.0 Å². The monoisotopic (exact) mass is 497 g/mol. The van der Waals surface area contributed by atoms with Crippen LogP contribution in [0.4, 0.5) is 11.6 Å². The number of nitrogens with two attached hydrogens (primary N) is 2. The molecule has 0 unspecified atom stereocenters. The van der Waals surface area contributed by atoms with Crippen LogP contribution in [0.1, 0.15) is 74.7 Å². The molecule has 1 rings (SSSR count). The van der Waals surface area contributed by atoms with Crippen LogP contribution in [0.3, 0.4) is 0 Å². The number of hydrogen-bond donors (Lipinski definition) is 6. The van der Waals surface area contributed by atoms with Gasteiger partial charge >= 0.3 is 0 Å². The van der Waals surface area contributed by atoms with E-state index in [2.05, 4.69) is 30.8 Å². The van der Waals surface area contributed by atoms with E-state index in [0.29, 0.717) is 13.0 Å². The minimum Gasteiger partial charge on any atom is -0.382 e. The lowest BCUT2D eigenvalue weighted by Crippen LogP contribution is -2.41. The van der Waals surface area contributed by atoms with Crippen LogP contribution in [-0.2, 0) is 4.79 Å². The van der Waals surface area contributed by atoms with Gasteiger partial charge in [-0.05, 0) is 39.9 Å². The Kier molecular flexibility index (Phi) is 14.6. The van der Waals surface area contributed by atoms with E-state index in [1.165, 1.54) is 0 Å². The van der Waals surface area contributed by atoms with Gasteiger partial charge in [-0.2, -0.15) is 0 Å². The predicted molar refractivity (Wildman–Crippen MR) is 137 cm³/mol. The third kappa shape index (κ3) is 13.1. The second-order valence-electron chi connectivity index (χ2n) is 8.47. The molecule has 0 radical (unpaired) electrons. The molecule has 0 aromatic carbocycles. The highest BCUT2D eigenvalue weighted by Gasteiger charge is 2.16. The first-order valence-corrected chi connectivity index (χ1v) is 12.2. The van der Waals surface area contributed by atoms with Gasteiger partial charge in [0.15, 0.2) is 28.4 Å². The molecule has 0 atom stereocenters. The first-order chi connectivity index (χ1) is 16.2. The highest BCUT2D eigenvalue weighted by Crippen LogP contribution is 2.17. The zero-order valence-corrected chi connectivity index (χ0v) is 21.1. The lowest BCUT2D eigenvalue weighted by molar-refractivity contribution is -0.121. The molecule has 8 N–H and O–H groups in total. The Morgan fingerprint density at radius 1 is 0.882 bits per heavy atom. The number of halogens is 1. The number of amides is 2. The Morgan fingerprint density at radius 3 is 2.12 bits per heavy atom. The maximum absolute atomic E-state index is 12.1. The fourth-order valence-electron chi connectivity index (χ4n) is 3.22. The van der Waals surface area contributed by atoms with E-state index in [-0.39, 0.29) is 34.3 Å². The van der Waals surface area contributed by atoms with Crippen molar-refractivity contribution < 1.29 is 9.59 Å². The molecule has 0 spiro atoms.